The van der Waals surface area contributed by atoms with Gasteiger partial charge in [-0.1, -0.05) is 29.8 Å². The predicted octanol–water partition coefficient (Wildman–Crippen LogP) is 2.81. The highest BCUT2D eigenvalue weighted by Crippen LogP contribution is 2.22. The normalized spacial score (nSPS) is 9.92. The summed E-state index contributed by atoms with van der Waals surface area (Å²) in [5.41, 5.74) is -0.427. The highest BCUT2D eigenvalue weighted by Gasteiger charge is 2.09. The van der Waals surface area contributed by atoms with Gasteiger partial charge in [0.2, 0.25) is 0 Å². The fourth-order valence-corrected chi connectivity index (χ4v) is 1.39. The topological polar surface area (TPSA) is 30.2 Å². The van der Waals surface area contributed by atoms with Crippen LogP contribution >= 0.6 is 23.2 Å². The average molecular weight is 205 g/mol. The molecule has 0 saturated carbocycles. The molecule has 0 aliphatic heterocycles. The van der Waals surface area contributed by atoms with Crippen LogP contribution in [0.2, 0.25) is 5.02 Å². The van der Waals surface area contributed by atoms with Crippen molar-refractivity contribution in [2.75, 3.05) is 0 Å². The van der Waals surface area contributed by atoms with E-state index in [2.05, 4.69) is 6.58 Å². The minimum absolute atomic E-state index is 0.0914. The maximum Gasteiger partial charge on any atom is 0.346 e. The minimum atomic E-state index is -0.556. The van der Waals surface area contributed by atoms with E-state index in [9.17, 15) is 4.79 Å². The molecule has 0 radical (unpaired) electrons. The van der Waals surface area contributed by atoms with Crippen molar-refractivity contribution in [2.24, 2.45) is 0 Å². The van der Waals surface area contributed by atoms with Gasteiger partial charge in [0.1, 0.15) is 5.76 Å². The molecule has 0 N–H and O–H groups in total. The van der Waals surface area contributed by atoms with E-state index in [1.54, 1.807) is 6.92 Å². The Morgan fingerprint density at radius 2 is 2.25 bits per heavy atom. The van der Waals surface area contributed by atoms with Crippen LogP contribution in [0.3, 0.4) is 0 Å². The van der Waals surface area contributed by atoms with Gasteiger partial charge in [0.05, 0.1) is 10.6 Å². The van der Waals surface area contributed by atoms with E-state index < -0.39 is 5.63 Å². The number of hydrogen-bond donors (Lipinski definition) is 0. The number of hydrogen-bond acceptors (Lipinski definition) is 2. The van der Waals surface area contributed by atoms with Crippen LogP contribution in [0.5, 0.6) is 0 Å². The van der Waals surface area contributed by atoms with Gasteiger partial charge >= 0.3 is 5.63 Å². The summed E-state index contributed by atoms with van der Waals surface area (Å²) in [7, 11) is 0. The van der Waals surface area contributed by atoms with E-state index in [0.29, 0.717) is 5.76 Å². The van der Waals surface area contributed by atoms with Crippen molar-refractivity contribution < 1.29 is 4.42 Å². The van der Waals surface area contributed by atoms with Crippen LogP contribution in [0, 0.1) is 6.92 Å². The van der Waals surface area contributed by atoms with Crippen molar-refractivity contribution in [3.05, 3.63) is 39.4 Å². The Bertz CT molecular complexity index is 379. The summed E-state index contributed by atoms with van der Waals surface area (Å²) in [6.07, 6.45) is 0. The lowest BCUT2D eigenvalue weighted by Gasteiger charge is -1.99. The molecular weight excluding hydrogens is 199 g/mol. The smallest absolute Gasteiger partial charge is 0.346 e. The van der Waals surface area contributed by atoms with E-state index in [-0.39, 0.29) is 15.6 Å². The van der Waals surface area contributed by atoms with Gasteiger partial charge in [-0.15, -0.1) is 0 Å². The number of halogens is 2. The Balaban J connectivity index is 3.49. The fraction of sp³-hybridized carbons (Fsp3) is 0.125. The zero-order chi connectivity index (χ0) is 9.30. The summed E-state index contributed by atoms with van der Waals surface area (Å²) >= 11 is 11.3. The lowest BCUT2D eigenvalue weighted by atomic mass is 10.2. The molecule has 0 unspecified atom stereocenters. The molecule has 0 aliphatic rings. The van der Waals surface area contributed by atoms with Crippen LogP contribution in [0.25, 0.3) is 5.03 Å². The van der Waals surface area contributed by atoms with Gasteiger partial charge in [-0.2, -0.15) is 0 Å². The number of rotatable bonds is 1. The van der Waals surface area contributed by atoms with Crippen molar-refractivity contribution in [3.63, 3.8) is 0 Å². The minimum Gasteiger partial charge on any atom is -0.428 e. The summed E-state index contributed by atoms with van der Waals surface area (Å²) in [5.74, 6) is 0.451. The first-order chi connectivity index (χ1) is 5.52. The van der Waals surface area contributed by atoms with Gasteiger partial charge in [0, 0.05) is 5.03 Å². The van der Waals surface area contributed by atoms with Gasteiger partial charge < -0.3 is 4.42 Å². The molecule has 0 aromatic carbocycles. The van der Waals surface area contributed by atoms with Gasteiger partial charge in [0.15, 0.2) is 0 Å². The second-order valence-electron chi connectivity index (χ2n) is 2.27. The standard InChI is InChI=1S/C8H6Cl2O2/c1-4-3-6(10)7(5(2)9)8(11)12-4/h3H,2H2,1H3. The maximum absolute atomic E-state index is 11.1. The highest BCUT2D eigenvalue weighted by molar-refractivity contribution is 6.50. The molecule has 0 atom stereocenters. The van der Waals surface area contributed by atoms with E-state index in [0.717, 1.165) is 0 Å². The molecule has 0 saturated heterocycles. The summed E-state index contributed by atoms with van der Waals surface area (Å²) in [6, 6.07) is 1.52. The first-order valence-corrected chi connectivity index (χ1v) is 3.93. The Hall–Kier alpha value is -0.730. The molecule has 1 aromatic rings. The maximum atomic E-state index is 11.1. The van der Waals surface area contributed by atoms with Gasteiger partial charge in [0.25, 0.3) is 0 Å². The van der Waals surface area contributed by atoms with Crippen LogP contribution in [0.15, 0.2) is 21.9 Å². The molecular formula is C8H6Cl2O2. The summed E-state index contributed by atoms with van der Waals surface area (Å²) in [6.45, 7) is 5.03. The molecule has 1 rings (SSSR count). The van der Waals surface area contributed by atoms with Crippen LogP contribution in [0.4, 0.5) is 0 Å². The van der Waals surface area contributed by atoms with Crippen molar-refractivity contribution >= 4 is 28.2 Å². The van der Waals surface area contributed by atoms with Crippen LogP contribution < -0.4 is 5.63 Å². The first-order valence-electron chi connectivity index (χ1n) is 3.17. The largest absolute Gasteiger partial charge is 0.428 e. The van der Waals surface area contributed by atoms with E-state index >= 15 is 0 Å². The molecule has 0 spiro atoms. The lowest BCUT2D eigenvalue weighted by Crippen LogP contribution is -2.05. The van der Waals surface area contributed by atoms with Crippen molar-refractivity contribution in [3.8, 4) is 0 Å². The zero-order valence-electron chi connectivity index (χ0n) is 6.36. The molecule has 0 aliphatic carbocycles. The summed E-state index contributed by atoms with van der Waals surface area (Å²) in [4.78, 5) is 11.1. The van der Waals surface area contributed by atoms with Gasteiger partial charge in [-0.3, -0.25) is 0 Å². The van der Waals surface area contributed by atoms with E-state index in [1.807, 2.05) is 0 Å². The zero-order valence-corrected chi connectivity index (χ0v) is 7.87. The average Bonchev–Trinajstić information content (AvgIpc) is 1.82. The molecule has 0 fully saturated rings. The molecule has 12 heavy (non-hydrogen) atoms. The number of aryl methyl sites for hydroxylation is 1. The summed E-state index contributed by atoms with van der Waals surface area (Å²) in [5, 5.41) is 0.359. The highest BCUT2D eigenvalue weighted by atomic mass is 35.5. The molecule has 1 aromatic heterocycles. The Morgan fingerprint density at radius 3 is 2.67 bits per heavy atom. The van der Waals surface area contributed by atoms with Crippen molar-refractivity contribution in [1.82, 2.24) is 0 Å². The van der Waals surface area contributed by atoms with Gasteiger partial charge in [-0.05, 0) is 13.0 Å². The quantitative estimate of drug-likeness (QED) is 0.705. The second-order valence-corrected chi connectivity index (χ2v) is 3.14. The van der Waals surface area contributed by atoms with Crippen molar-refractivity contribution in [1.29, 1.82) is 0 Å². The Kier molecular flexibility index (Phi) is 2.60. The molecule has 1 heterocycles. The fourth-order valence-electron chi connectivity index (χ4n) is 0.815. The van der Waals surface area contributed by atoms with Crippen LogP contribution in [-0.2, 0) is 0 Å². The molecule has 64 valence electrons. The molecule has 0 bridgehead atoms. The van der Waals surface area contributed by atoms with Gasteiger partial charge in [-0.25, -0.2) is 4.79 Å². The third-order valence-corrected chi connectivity index (χ3v) is 1.78. The lowest BCUT2D eigenvalue weighted by molar-refractivity contribution is 0.479. The van der Waals surface area contributed by atoms with Crippen LogP contribution in [0.1, 0.15) is 11.3 Å². The molecule has 0 amide bonds. The Labute approximate surface area is 79.4 Å². The SMILES string of the molecule is C=C(Cl)c1c(Cl)cc(C)oc1=O. The van der Waals surface area contributed by atoms with E-state index in [1.165, 1.54) is 6.07 Å². The third kappa shape index (κ3) is 1.71. The first kappa shape index (κ1) is 9.36. The summed E-state index contributed by atoms with van der Waals surface area (Å²) < 4.78 is 4.77. The van der Waals surface area contributed by atoms with Crippen molar-refractivity contribution in [2.45, 2.75) is 6.92 Å². The molecule has 2 nitrogen and oxygen atoms in total. The second kappa shape index (κ2) is 3.33. The third-order valence-electron chi connectivity index (χ3n) is 1.30. The van der Waals surface area contributed by atoms with Crippen LogP contribution in [-0.4, -0.2) is 0 Å². The Morgan fingerprint density at radius 1 is 1.67 bits per heavy atom. The van der Waals surface area contributed by atoms with E-state index in [4.69, 9.17) is 27.6 Å². The molecule has 4 heteroatoms. The predicted molar refractivity (Wildman–Crippen MR) is 49.6 cm³/mol. The monoisotopic (exact) mass is 204 g/mol.